The number of methoxy groups -OCH3 is 2. The third kappa shape index (κ3) is 17.1. The number of hydrogen-bond donors (Lipinski definition) is 0. The molecular weight excluding hydrogens is 592 g/mol. The van der Waals surface area contributed by atoms with E-state index in [1.165, 1.54) is 66.1 Å². The molecule has 1 aliphatic carbocycles. The quantitative estimate of drug-likeness (QED) is 0.0858. The molecule has 0 radical (unpaired) electrons. The van der Waals surface area contributed by atoms with Gasteiger partial charge in [0.25, 0.3) is 0 Å². The van der Waals surface area contributed by atoms with Crippen LogP contribution in [0.15, 0.2) is 104 Å². The van der Waals surface area contributed by atoms with Gasteiger partial charge in [-0.1, -0.05) is 81.5 Å². The number of hydrogen-bond acceptors (Lipinski definition) is 4. The third-order valence-corrected chi connectivity index (χ3v) is 9.03. The van der Waals surface area contributed by atoms with E-state index < -0.39 is 0 Å². The molecule has 266 valence electrons. The van der Waals surface area contributed by atoms with Crippen LogP contribution >= 0.6 is 0 Å². The second-order valence-corrected chi connectivity index (χ2v) is 13.9. The Morgan fingerprint density at radius 3 is 1.33 bits per heavy atom. The van der Waals surface area contributed by atoms with Crippen LogP contribution in [0, 0.1) is 0 Å². The fraction of sp³-hybridized carbons (Fsp3) is 0.545. The number of Topliss-reactive ketones (excluding diaryl/α,β-unsaturated/α-hetero) is 2. The Kier molecular flexibility index (Phi) is 21.2. The lowest BCUT2D eigenvalue weighted by Crippen LogP contribution is -2.25. The lowest BCUT2D eigenvalue weighted by molar-refractivity contribution is -0.121. The van der Waals surface area contributed by atoms with Crippen molar-refractivity contribution >= 4 is 11.6 Å². The average Bonchev–Trinajstić information content (AvgIpc) is 3.02. The number of carbonyl (C=O) groups excluding carboxylic acids is 2. The first-order chi connectivity index (χ1) is 22.8. The van der Waals surface area contributed by atoms with Crippen LogP contribution in [0.3, 0.4) is 0 Å². The Balaban J connectivity index is 2.37. The van der Waals surface area contributed by atoms with E-state index in [-0.39, 0.29) is 23.1 Å². The highest BCUT2D eigenvalue weighted by molar-refractivity contribution is 6.23. The van der Waals surface area contributed by atoms with E-state index in [9.17, 15) is 9.59 Å². The van der Waals surface area contributed by atoms with Gasteiger partial charge in [0.2, 0.25) is 23.1 Å². The summed E-state index contributed by atoms with van der Waals surface area (Å²) < 4.78 is 10.3. The van der Waals surface area contributed by atoms with Gasteiger partial charge < -0.3 is 9.47 Å². The molecule has 1 aliphatic rings. The van der Waals surface area contributed by atoms with Gasteiger partial charge in [0.1, 0.15) is 0 Å². The van der Waals surface area contributed by atoms with Crippen LogP contribution in [0.1, 0.15) is 146 Å². The zero-order valence-electron chi connectivity index (χ0n) is 32.4. The van der Waals surface area contributed by atoms with Crippen molar-refractivity contribution in [3.05, 3.63) is 104 Å². The van der Waals surface area contributed by atoms with E-state index in [1.54, 1.807) is 6.92 Å². The summed E-state index contributed by atoms with van der Waals surface area (Å²) in [6, 6.07) is 0. The zero-order chi connectivity index (χ0) is 36.1. The molecule has 0 aromatic carbocycles. The van der Waals surface area contributed by atoms with Crippen molar-refractivity contribution in [2.45, 2.75) is 146 Å². The smallest absolute Gasteiger partial charge is 0.228 e. The van der Waals surface area contributed by atoms with Crippen molar-refractivity contribution in [1.29, 1.82) is 0 Å². The maximum absolute atomic E-state index is 12.9. The Hall–Kier alpha value is -3.40. The Labute approximate surface area is 294 Å². The van der Waals surface area contributed by atoms with Crippen LogP contribution in [0.2, 0.25) is 0 Å². The van der Waals surface area contributed by atoms with E-state index in [0.717, 1.165) is 64.2 Å². The largest absolute Gasteiger partial charge is 0.489 e. The van der Waals surface area contributed by atoms with Gasteiger partial charge in [-0.05, 0) is 146 Å². The van der Waals surface area contributed by atoms with E-state index in [4.69, 9.17) is 9.47 Å². The molecule has 0 fully saturated rings. The first-order valence-electron chi connectivity index (χ1n) is 18.0. The normalized spacial score (nSPS) is 15.9. The molecular formula is C44H66O4. The number of ketones is 2. The highest BCUT2D eigenvalue weighted by atomic mass is 16.5. The molecule has 4 heteroatoms. The topological polar surface area (TPSA) is 52.6 Å². The minimum Gasteiger partial charge on any atom is -0.489 e. The summed E-state index contributed by atoms with van der Waals surface area (Å²) in [5.74, 6) is -0.525. The minimum atomic E-state index is -0.273. The maximum atomic E-state index is 12.9. The second kappa shape index (κ2) is 23.8. The molecule has 0 unspecified atom stereocenters. The van der Waals surface area contributed by atoms with Crippen LogP contribution < -0.4 is 0 Å². The molecule has 0 aliphatic heterocycles. The summed E-state index contributed by atoms with van der Waals surface area (Å²) in [5, 5.41) is 0. The van der Waals surface area contributed by atoms with E-state index in [2.05, 4.69) is 97.9 Å². The fourth-order valence-corrected chi connectivity index (χ4v) is 5.68. The van der Waals surface area contributed by atoms with Crippen LogP contribution in [0.5, 0.6) is 0 Å². The van der Waals surface area contributed by atoms with Gasteiger partial charge in [0.15, 0.2) is 0 Å². The number of ether oxygens (including phenoxy) is 2. The Morgan fingerprint density at radius 1 is 0.500 bits per heavy atom. The lowest BCUT2D eigenvalue weighted by atomic mass is 9.89. The molecule has 0 aromatic heterocycles. The predicted octanol–water partition coefficient (Wildman–Crippen LogP) is 12.7. The molecule has 48 heavy (non-hydrogen) atoms. The minimum absolute atomic E-state index is 0.00391. The van der Waals surface area contributed by atoms with E-state index in [1.807, 2.05) is 0 Å². The highest BCUT2D eigenvalue weighted by Gasteiger charge is 2.34. The standard InChI is InChI=1S/C44H66O4/c1-32(2)18-12-19-33(3)20-13-21-34(4)22-14-23-35(5)24-15-25-36(6)26-16-27-37(7)28-17-29-38(8)30-31-40-39(9)41(45)43(47-10)44(48-11)42(40)46/h18,20,22-23,26,28-29H,12-17,19,21,24-25,27,30-31H2,1-11H3/b33-20+,34-22+,35-23?,36-26+,37-28+,38-29?. The SMILES string of the molecule is COC1=C(OC)C(=O)C(CCC(C)=CC/C=C(\C)CC/C=C(\C)CCCC(C)=CC/C=C(\C)CC/C=C(\C)CCC=C(C)C)=C(C)C1=O. The molecule has 0 spiro atoms. The van der Waals surface area contributed by atoms with E-state index >= 15 is 0 Å². The number of allylic oxidation sites excluding steroid dienone is 16. The van der Waals surface area contributed by atoms with E-state index in [0.29, 0.717) is 17.6 Å². The maximum Gasteiger partial charge on any atom is 0.228 e. The Morgan fingerprint density at radius 2 is 0.875 bits per heavy atom. The summed E-state index contributed by atoms with van der Waals surface area (Å²) in [6.45, 7) is 19.4. The van der Waals surface area contributed by atoms with Crippen LogP contribution in [-0.4, -0.2) is 25.8 Å². The van der Waals surface area contributed by atoms with Crippen LogP contribution in [0.25, 0.3) is 0 Å². The number of rotatable bonds is 22. The molecule has 0 aromatic rings. The van der Waals surface area contributed by atoms with Crippen molar-refractivity contribution in [1.82, 2.24) is 0 Å². The van der Waals surface area contributed by atoms with Gasteiger partial charge >= 0.3 is 0 Å². The molecule has 0 saturated heterocycles. The molecule has 1 rings (SSSR count). The molecule has 0 amide bonds. The van der Waals surface area contributed by atoms with Gasteiger partial charge in [0, 0.05) is 11.1 Å². The molecule has 4 nitrogen and oxygen atoms in total. The van der Waals surface area contributed by atoms with Crippen molar-refractivity contribution in [2.75, 3.05) is 14.2 Å². The van der Waals surface area contributed by atoms with Gasteiger partial charge in [-0.15, -0.1) is 0 Å². The van der Waals surface area contributed by atoms with Gasteiger partial charge in [-0.3, -0.25) is 9.59 Å². The monoisotopic (exact) mass is 658 g/mol. The van der Waals surface area contributed by atoms with Gasteiger partial charge in [-0.25, -0.2) is 0 Å². The third-order valence-electron chi connectivity index (χ3n) is 9.03. The molecule has 0 atom stereocenters. The van der Waals surface area contributed by atoms with Crippen LogP contribution in [-0.2, 0) is 19.1 Å². The van der Waals surface area contributed by atoms with Gasteiger partial charge in [0.05, 0.1) is 14.2 Å². The highest BCUT2D eigenvalue weighted by Crippen LogP contribution is 2.29. The molecule has 0 N–H and O–H groups in total. The first kappa shape index (κ1) is 42.6. The summed E-state index contributed by atoms with van der Waals surface area (Å²) in [7, 11) is 2.78. The van der Waals surface area contributed by atoms with Crippen LogP contribution in [0.4, 0.5) is 0 Å². The molecule has 0 bridgehead atoms. The zero-order valence-corrected chi connectivity index (χ0v) is 32.4. The lowest BCUT2D eigenvalue weighted by Gasteiger charge is -2.20. The molecule has 0 saturated carbocycles. The summed E-state index contributed by atoms with van der Waals surface area (Å²) in [4.78, 5) is 25.4. The summed E-state index contributed by atoms with van der Waals surface area (Å²) >= 11 is 0. The second-order valence-electron chi connectivity index (χ2n) is 13.9. The van der Waals surface area contributed by atoms with Gasteiger partial charge in [-0.2, -0.15) is 0 Å². The van der Waals surface area contributed by atoms with Crippen molar-refractivity contribution in [3.63, 3.8) is 0 Å². The predicted molar refractivity (Wildman–Crippen MR) is 206 cm³/mol. The molecule has 0 heterocycles. The summed E-state index contributed by atoms with van der Waals surface area (Å²) in [5.41, 5.74) is 10.9. The Bertz CT molecular complexity index is 1360. The number of carbonyl (C=O) groups is 2. The van der Waals surface area contributed by atoms with Crippen molar-refractivity contribution < 1.29 is 19.1 Å². The summed E-state index contributed by atoms with van der Waals surface area (Å²) in [6.07, 6.45) is 29.8. The average molecular weight is 659 g/mol. The van der Waals surface area contributed by atoms with Crippen molar-refractivity contribution in [3.8, 4) is 0 Å². The first-order valence-corrected chi connectivity index (χ1v) is 18.0. The van der Waals surface area contributed by atoms with Crippen molar-refractivity contribution in [2.24, 2.45) is 0 Å². The fourth-order valence-electron chi connectivity index (χ4n) is 5.68.